The van der Waals surface area contributed by atoms with Gasteiger partial charge in [-0.3, -0.25) is 4.79 Å². The van der Waals surface area contributed by atoms with Crippen LogP contribution in [0.25, 0.3) is 0 Å². The van der Waals surface area contributed by atoms with Gasteiger partial charge in [0.2, 0.25) is 0 Å². The second kappa shape index (κ2) is 6.31. The van der Waals surface area contributed by atoms with E-state index < -0.39 is 0 Å². The summed E-state index contributed by atoms with van der Waals surface area (Å²) in [5.41, 5.74) is 2.84. The third-order valence-corrected chi connectivity index (χ3v) is 3.72. The molecule has 0 fully saturated rings. The number of nitrogens with zero attached hydrogens (tertiary/aromatic N) is 3. The van der Waals surface area contributed by atoms with Gasteiger partial charge in [0.15, 0.2) is 0 Å². The summed E-state index contributed by atoms with van der Waals surface area (Å²) >= 11 is 1.29. The van der Waals surface area contributed by atoms with Crippen LogP contribution in [0.15, 0.2) is 48.2 Å². The predicted octanol–water partition coefficient (Wildman–Crippen LogP) is 3.29. The van der Waals surface area contributed by atoms with E-state index in [-0.39, 0.29) is 11.9 Å². The van der Waals surface area contributed by atoms with Crippen LogP contribution < -0.4 is 10.1 Å². The second-order valence-electron chi connectivity index (χ2n) is 4.39. The lowest BCUT2D eigenvalue weighted by Gasteiger charge is -2.05. The van der Waals surface area contributed by atoms with E-state index in [9.17, 15) is 4.79 Å². The first kappa shape index (κ1) is 14.2. The molecule has 2 heterocycles. The van der Waals surface area contributed by atoms with E-state index in [1.807, 2.05) is 30.3 Å². The van der Waals surface area contributed by atoms with Crippen molar-refractivity contribution in [3.05, 3.63) is 58.8 Å². The molecule has 0 radical (unpaired) electrons. The second-order valence-corrected chi connectivity index (χ2v) is 5.25. The number of rotatable bonds is 4. The van der Waals surface area contributed by atoms with Crippen molar-refractivity contribution >= 4 is 22.9 Å². The highest BCUT2D eigenvalue weighted by Crippen LogP contribution is 2.18. The Kier molecular flexibility index (Phi) is 4.06. The van der Waals surface area contributed by atoms with Crippen LogP contribution in [0.3, 0.4) is 0 Å². The van der Waals surface area contributed by atoms with Crippen LogP contribution in [0, 0.1) is 6.92 Å². The zero-order valence-electron chi connectivity index (χ0n) is 11.7. The molecule has 0 saturated heterocycles. The van der Waals surface area contributed by atoms with Crippen molar-refractivity contribution in [2.24, 2.45) is 0 Å². The smallest absolute Gasteiger partial charge is 0.322 e. The third kappa shape index (κ3) is 3.26. The number of nitrogens with one attached hydrogen (secondary N) is 1. The van der Waals surface area contributed by atoms with Crippen molar-refractivity contribution in [3.63, 3.8) is 0 Å². The summed E-state index contributed by atoms with van der Waals surface area (Å²) < 4.78 is 5.49. The largest absolute Gasteiger partial charge is 0.424 e. The average molecular weight is 312 g/mol. The number of carbonyl (C=O) groups excluding carboxylic acids is 1. The number of hydrogen-bond acceptors (Lipinski definition) is 6. The zero-order chi connectivity index (χ0) is 15.4. The quantitative estimate of drug-likeness (QED) is 0.800. The molecule has 0 unspecified atom stereocenters. The van der Waals surface area contributed by atoms with Crippen molar-refractivity contribution in [1.29, 1.82) is 0 Å². The number of hydrogen-bond donors (Lipinski definition) is 1. The SMILES string of the molecule is Cc1ncsc1C(=O)Nc1cnc(Oc2ccccc2)nc1. The highest BCUT2D eigenvalue weighted by molar-refractivity contribution is 7.12. The minimum absolute atomic E-state index is 0.221. The van der Waals surface area contributed by atoms with Crippen molar-refractivity contribution in [2.45, 2.75) is 6.92 Å². The van der Waals surface area contributed by atoms with Crippen molar-refractivity contribution in [1.82, 2.24) is 15.0 Å². The molecule has 1 N–H and O–H groups in total. The van der Waals surface area contributed by atoms with Crippen molar-refractivity contribution in [2.75, 3.05) is 5.32 Å². The third-order valence-electron chi connectivity index (χ3n) is 2.79. The number of anilines is 1. The molecule has 1 amide bonds. The van der Waals surface area contributed by atoms with Crippen LogP contribution in [0.4, 0.5) is 5.69 Å². The summed E-state index contributed by atoms with van der Waals surface area (Å²) in [7, 11) is 0. The molecule has 7 heteroatoms. The normalized spacial score (nSPS) is 10.2. The monoisotopic (exact) mass is 312 g/mol. The average Bonchev–Trinajstić information content (AvgIpc) is 2.96. The summed E-state index contributed by atoms with van der Waals surface area (Å²) in [5.74, 6) is 0.430. The molecule has 1 aromatic carbocycles. The van der Waals surface area contributed by atoms with Gasteiger partial charge in [0.05, 0.1) is 29.3 Å². The Hall–Kier alpha value is -2.80. The van der Waals surface area contributed by atoms with E-state index in [0.29, 0.717) is 22.0 Å². The maximum absolute atomic E-state index is 12.0. The van der Waals surface area contributed by atoms with Gasteiger partial charge in [-0.1, -0.05) is 18.2 Å². The molecule has 3 aromatic rings. The van der Waals surface area contributed by atoms with Gasteiger partial charge in [0.1, 0.15) is 10.6 Å². The van der Waals surface area contributed by atoms with E-state index in [1.165, 1.54) is 23.7 Å². The van der Waals surface area contributed by atoms with Gasteiger partial charge in [-0.2, -0.15) is 0 Å². The van der Waals surface area contributed by atoms with E-state index in [0.717, 1.165) is 0 Å². The van der Waals surface area contributed by atoms with Gasteiger partial charge >= 0.3 is 6.01 Å². The Labute approximate surface area is 130 Å². The summed E-state index contributed by atoms with van der Waals surface area (Å²) in [5, 5.41) is 2.73. The Morgan fingerprint density at radius 1 is 1.14 bits per heavy atom. The van der Waals surface area contributed by atoms with Gasteiger partial charge < -0.3 is 10.1 Å². The predicted molar refractivity (Wildman–Crippen MR) is 83.4 cm³/mol. The molecule has 2 aromatic heterocycles. The molecule has 0 aliphatic rings. The highest BCUT2D eigenvalue weighted by atomic mass is 32.1. The number of amides is 1. The van der Waals surface area contributed by atoms with E-state index in [2.05, 4.69) is 20.3 Å². The highest BCUT2D eigenvalue weighted by Gasteiger charge is 2.12. The molecule has 6 nitrogen and oxygen atoms in total. The number of aryl methyl sites for hydroxylation is 1. The maximum Gasteiger partial charge on any atom is 0.322 e. The van der Waals surface area contributed by atoms with Crippen LogP contribution in [0.1, 0.15) is 15.4 Å². The van der Waals surface area contributed by atoms with Gasteiger partial charge in [-0.15, -0.1) is 11.3 Å². The Bertz CT molecular complexity index is 772. The van der Waals surface area contributed by atoms with Crippen LogP contribution >= 0.6 is 11.3 Å². The lowest BCUT2D eigenvalue weighted by Crippen LogP contribution is -2.12. The number of ether oxygens (including phenoxy) is 1. The Balaban J connectivity index is 1.67. The van der Waals surface area contributed by atoms with Crippen LogP contribution in [-0.2, 0) is 0 Å². The number of carbonyl (C=O) groups is 1. The van der Waals surface area contributed by atoms with Crippen LogP contribution in [0.2, 0.25) is 0 Å². The van der Waals surface area contributed by atoms with E-state index in [1.54, 1.807) is 12.4 Å². The number of thiazole rings is 1. The molecule has 22 heavy (non-hydrogen) atoms. The van der Waals surface area contributed by atoms with Crippen LogP contribution in [-0.4, -0.2) is 20.9 Å². The summed E-state index contributed by atoms with van der Waals surface area (Å²) in [4.78, 5) is 24.8. The molecule has 110 valence electrons. The molecular weight excluding hydrogens is 300 g/mol. The molecule has 0 bridgehead atoms. The lowest BCUT2D eigenvalue weighted by molar-refractivity contribution is 0.102. The number of benzene rings is 1. The standard InChI is InChI=1S/C15H12N4O2S/c1-10-13(22-9-18-10)14(20)19-11-7-16-15(17-8-11)21-12-5-3-2-4-6-12/h2-9H,1H3,(H,19,20). The fourth-order valence-electron chi connectivity index (χ4n) is 1.74. The molecule has 0 spiro atoms. The zero-order valence-corrected chi connectivity index (χ0v) is 12.5. The fourth-order valence-corrected chi connectivity index (χ4v) is 2.43. The first-order valence-corrected chi connectivity index (χ1v) is 7.37. The Morgan fingerprint density at radius 3 is 2.50 bits per heavy atom. The summed E-state index contributed by atoms with van der Waals surface area (Å²) in [6.07, 6.45) is 3.00. The number of para-hydroxylation sites is 1. The molecule has 3 rings (SSSR count). The van der Waals surface area contributed by atoms with Gasteiger partial charge in [-0.25, -0.2) is 15.0 Å². The summed E-state index contributed by atoms with van der Waals surface area (Å²) in [6.45, 7) is 1.79. The minimum atomic E-state index is -0.222. The van der Waals surface area contributed by atoms with Gasteiger partial charge in [0, 0.05) is 0 Å². The van der Waals surface area contributed by atoms with Crippen molar-refractivity contribution in [3.8, 4) is 11.8 Å². The first-order chi connectivity index (χ1) is 10.7. The number of aromatic nitrogens is 3. The van der Waals surface area contributed by atoms with E-state index in [4.69, 9.17) is 4.74 Å². The summed E-state index contributed by atoms with van der Waals surface area (Å²) in [6, 6.07) is 9.46. The molecule has 0 atom stereocenters. The topological polar surface area (TPSA) is 77.0 Å². The maximum atomic E-state index is 12.0. The molecule has 0 aliphatic heterocycles. The molecule has 0 aliphatic carbocycles. The minimum Gasteiger partial charge on any atom is -0.424 e. The fraction of sp³-hybridized carbons (Fsp3) is 0.0667. The molecule has 0 saturated carbocycles. The van der Waals surface area contributed by atoms with Crippen molar-refractivity contribution < 1.29 is 9.53 Å². The van der Waals surface area contributed by atoms with E-state index >= 15 is 0 Å². The van der Waals surface area contributed by atoms with Gasteiger partial charge in [0.25, 0.3) is 5.91 Å². The Morgan fingerprint density at radius 2 is 1.86 bits per heavy atom. The van der Waals surface area contributed by atoms with Crippen LogP contribution in [0.5, 0.6) is 11.8 Å². The lowest BCUT2D eigenvalue weighted by atomic mass is 10.3. The first-order valence-electron chi connectivity index (χ1n) is 6.49. The van der Waals surface area contributed by atoms with Gasteiger partial charge in [-0.05, 0) is 19.1 Å². The molecular formula is C15H12N4O2S.